The van der Waals surface area contributed by atoms with Crippen LogP contribution in [0.25, 0.3) is 0 Å². The first-order chi connectivity index (χ1) is 4.77. The van der Waals surface area contributed by atoms with Crippen LogP contribution in [-0.2, 0) is 4.79 Å². The molecule has 0 fully saturated rings. The number of unbranched alkanes of at least 4 members (excludes halogenated alkanes) is 1. The van der Waals surface area contributed by atoms with Crippen LogP contribution in [0.3, 0.4) is 0 Å². The second kappa shape index (κ2) is 6.26. The van der Waals surface area contributed by atoms with E-state index in [-0.39, 0.29) is 5.78 Å². The van der Waals surface area contributed by atoms with Gasteiger partial charge in [0.2, 0.25) is 0 Å². The molecule has 0 amide bonds. The summed E-state index contributed by atoms with van der Waals surface area (Å²) < 4.78 is 0. The van der Waals surface area contributed by atoms with Crippen molar-refractivity contribution < 1.29 is 4.79 Å². The highest BCUT2D eigenvalue weighted by molar-refractivity contribution is 5.75. The molecule has 0 saturated heterocycles. The monoisotopic (exact) mass is 142 g/mol. The van der Waals surface area contributed by atoms with Gasteiger partial charge in [0.15, 0.2) is 0 Å². The number of nitrogens with zero attached hydrogens (tertiary/aromatic N) is 1. The zero-order valence-corrected chi connectivity index (χ0v) is 6.34. The number of hydrogen-bond acceptors (Lipinski definition) is 2. The summed E-state index contributed by atoms with van der Waals surface area (Å²) in [5, 5.41) is 0. The molecular weight excluding hydrogens is 128 g/mol. The normalized spacial score (nSPS) is 10.5. The van der Waals surface area contributed by atoms with Crippen molar-refractivity contribution >= 4 is 12.1 Å². The Kier molecular flexibility index (Phi) is 5.72. The second-order valence-corrected chi connectivity index (χ2v) is 2.21. The molecule has 0 atom stereocenters. The molecule has 58 valence electrons. The number of carbonyl (C=O) groups excluding carboxylic acids is 1. The van der Waals surface area contributed by atoms with Crippen LogP contribution in [0.5, 0.6) is 0 Å². The summed E-state index contributed by atoms with van der Waals surface area (Å²) in [5.41, 5.74) is 5.01. The Hall–Kier alpha value is -0.860. The van der Waals surface area contributed by atoms with Gasteiger partial charge in [0.25, 0.3) is 0 Å². The van der Waals surface area contributed by atoms with E-state index >= 15 is 0 Å². The van der Waals surface area contributed by atoms with Gasteiger partial charge in [-0.2, -0.15) is 0 Å². The number of rotatable bonds is 5. The number of carbonyl (C=O) groups is 1. The summed E-state index contributed by atoms with van der Waals surface area (Å²) in [4.78, 5) is 14.2. The van der Waals surface area contributed by atoms with Gasteiger partial charge in [-0.25, -0.2) is 0 Å². The number of hydrogen-bond donors (Lipinski definition) is 1. The van der Waals surface area contributed by atoms with Gasteiger partial charge in [-0.1, -0.05) is 0 Å². The largest absolute Gasteiger partial charge is 0.390 e. The van der Waals surface area contributed by atoms with Crippen molar-refractivity contribution in [3.8, 4) is 0 Å². The summed E-state index contributed by atoms with van der Waals surface area (Å²) in [5.74, 6) is 0.247. The van der Waals surface area contributed by atoms with Crippen molar-refractivity contribution in [1.82, 2.24) is 0 Å². The number of Topliss-reactive ketones (excluding diaryl/α,β-unsaturated/α-hetero) is 1. The standard InChI is InChI=1S/C7H14N2O/c1-7(10)4-2-3-5-9-6-8/h6H,2-5H2,1H3,(H2,8,9). The van der Waals surface area contributed by atoms with Crippen LogP contribution in [0.15, 0.2) is 4.99 Å². The Bertz CT molecular complexity index is 121. The molecular formula is C7H14N2O. The van der Waals surface area contributed by atoms with Crippen LogP contribution >= 0.6 is 0 Å². The fourth-order valence-corrected chi connectivity index (χ4v) is 0.652. The van der Waals surface area contributed by atoms with Gasteiger partial charge in [-0.05, 0) is 19.8 Å². The molecule has 0 radical (unpaired) electrons. The molecule has 0 aliphatic rings. The zero-order chi connectivity index (χ0) is 7.82. The molecule has 0 aliphatic carbocycles. The van der Waals surface area contributed by atoms with Crippen molar-refractivity contribution in [2.75, 3.05) is 6.54 Å². The van der Waals surface area contributed by atoms with E-state index in [1.54, 1.807) is 6.92 Å². The molecule has 3 heteroatoms. The first kappa shape index (κ1) is 9.14. The number of ketones is 1. The lowest BCUT2D eigenvalue weighted by Gasteiger charge is -1.92. The van der Waals surface area contributed by atoms with Crippen molar-refractivity contribution in [1.29, 1.82) is 0 Å². The van der Waals surface area contributed by atoms with E-state index in [9.17, 15) is 4.79 Å². The Balaban J connectivity index is 2.98. The van der Waals surface area contributed by atoms with Crippen molar-refractivity contribution in [3.05, 3.63) is 0 Å². The van der Waals surface area contributed by atoms with Crippen molar-refractivity contribution in [2.45, 2.75) is 26.2 Å². The van der Waals surface area contributed by atoms with E-state index in [0.29, 0.717) is 6.42 Å². The van der Waals surface area contributed by atoms with E-state index in [4.69, 9.17) is 5.73 Å². The third-order valence-corrected chi connectivity index (χ3v) is 1.17. The predicted octanol–water partition coefficient (Wildman–Crippen LogP) is 0.733. The average Bonchev–Trinajstić information content (AvgIpc) is 1.87. The maximum absolute atomic E-state index is 10.4. The SMILES string of the molecule is CC(=O)CCCCN=CN. The zero-order valence-electron chi connectivity index (χ0n) is 6.34. The lowest BCUT2D eigenvalue weighted by Crippen LogP contribution is -1.93. The minimum atomic E-state index is 0.247. The van der Waals surface area contributed by atoms with E-state index in [1.807, 2.05) is 0 Å². The van der Waals surface area contributed by atoms with Crippen LogP contribution in [0, 0.1) is 0 Å². The van der Waals surface area contributed by atoms with Crippen molar-refractivity contribution in [2.24, 2.45) is 10.7 Å². The maximum Gasteiger partial charge on any atom is 0.129 e. The van der Waals surface area contributed by atoms with Crippen LogP contribution in [-0.4, -0.2) is 18.7 Å². The predicted molar refractivity (Wildman–Crippen MR) is 42.1 cm³/mol. The van der Waals surface area contributed by atoms with Gasteiger partial charge in [-0.3, -0.25) is 4.99 Å². The quantitative estimate of drug-likeness (QED) is 0.349. The summed E-state index contributed by atoms with van der Waals surface area (Å²) in [7, 11) is 0. The molecule has 0 heterocycles. The highest BCUT2D eigenvalue weighted by Crippen LogP contribution is 1.95. The molecule has 0 aliphatic heterocycles. The van der Waals surface area contributed by atoms with Crippen LogP contribution < -0.4 is 5.73 Å². The topological polar surface area (TPSA) is 55.5 Å². The second-order valence-electron chi connectivity index (χ2n) is 2.21. The average molecular weight is 142 g/mol. The summed E-state index contributed by atoms with van der Waals surface area (Å²) in [6.45, 7) is 2.34. The summed E-state index contributed by atoms with van der Waals surface area (Å²) in [6.07, 6.45) is 3.84. The lowest BCUT2D eigenvalue weighted by atomic mass is 10.2. The third-order valence-electron chi connectivity index (χ3n) is 1.17. The van der Waals surface area contributed by atoms with Gasteiger partial charge in [0.1, 0.15) is 5.78 Å². The highest BCUT2D eigenvalue weighted by Gasteiger charge is 1.91. The molecule has 0 aromatic heterocycles. The molecule has 0 aromatic rings. The number of aliphatic imine (C=N–C) groups is 1. The fraction of sp³-hybridized carbons (Fsp3) is 0.714. The van der Waals surface area contributed by atoms with Gasteiger partial charge >= 0.3 is 0 Å². The van der Waals surface area contributed by atoms with Gasteiger partial charge in [0.05, 0.1) is 6.34 Å². The summed E-state index contributed by atoms with van der Waals surface area (Å²) >= 11 is 0. The Morgan fingerprint density at radius 1 is 1.60 bits per heavy atom. The number of nitrogens with two attached hydrogens (primary N) is 1. The first-order valence-corrected chi connectivity index (χ1v) is 3.47. The Labute approximate surface area is 61.3 Å². The first-order valence-electron chi connectivity index (χ1n) is 3.47. The molecule has 0 aromatic carbocycles. The maximum atomic E-state index is 10.4. The molecule has 10 heavy (non-hydrogen) atoms. The minimum absolute atomic E-state index is 0.247. The van der Waals surface area contributed by atoms with Crippen LogP contribution in [0.1, 0.15) is 26.2 Å². The Morgan fingerprint density at radius 2 is 2.30 bits per heavy atom. The molecule has 0 rings (SSSR count). The van der Waals surface area contributed by atoms with E-state index in [1.165, 1.54) is 6.34 Å². The molecule has 3 nitrogen and oxygen atoms in total. The molecule has 2 N–H and O–H groups in total. The molecule has 0 unspecified atom stereocenters. The van der Waals surface area contributed by atoms with Gasteiger partial charge in [-0.15, -0.1) is 0 Å². The molecule has 0 saturated carbocycles. The lowest BCUT2D eigenvalue weighted by molar-refractivity contribution is -0.117. The summed E-state index contributed by atoms with van der Waals surface area (Å²) in [6, 6.07) is 0. The fourth-order valence-electron chi connectivity index (χ4n) is 0.652. The highest BCUT2D eigenvalue weighted by atomic mass is 16.1. The van der Waals surface area contributed by atoms with Crippen LogP contribution in [0.4, 0.5) is 0 Å². The van der Waals surface area contributed by atoms with E-state index in [2.05, 4.69) is 4.99 Å². The van der Waals surface area contributed by atoms with E-state index < -0.39 is 0 Å². The molecule has 0 spiro atoms. The Morgan fingerprint density at radius 3 is 2.80 bits per heavy atom. The third kappa shape index (κ3) is 7.14. The molecule has 0 bridgehead atoms. The van der Waals surface area contributed by atoms with E-state index in [0.717, 1.165) is 19.4 Å². The smallest absolute Gasteiger partial charge is 0.129 e. The van der Waals surface area contributed by atoms with Gasteiger partial charge < -0.3 is 10.5 Å². The minimum Gasteiger partial charge on any atom is -0.390 e. The van der Waals surface area contributed by atoms with Crippen molar-refractivity contribution in [3.63, 3.8) is 0 Å². The van der Waals surface area contributed by atoms with Crippen LogP contribution in [0.2, 0.25) is 0 Å². The van der Waals surface area contributed by atoms with Gasteiger partial charge in [0, 0.05) is 13.0 Å².